The van der Waals surface area contributed by atoms with Crippen molar-refractivity contribution in [1.82, 2.24) is 15.4 Å². The van der Waals surface area contributed by atoms with E-state index in [9.17, 15) is 4.79 Å². The lowest BCUT2D eigenvalue weighted by atomic mass is 10.1. The number of ether oxygens (including phenoxy) is 1. The van der Waals surface area contributed by atoms with E-state index in [0.29, 0.717) is 10.8 Å². The summed E-state index contributed by atoms with van der Waals surface area (Å²) in [6, 6.07) is 5.79. The summed E-state index contributed by atoms with van der Waals surface area (Å²) in [5.74, 6) is 0.319. The summed E-state index contributed by atoms with van der Waals surface area (Å²) >= 11 is 1.31. The average Bonchev–Trinajstić information content (AvgIpc) is 2.86. The van der Waals surface area contributed by atoms with Gasteiger partial charge in [0.1, 0.15) is 16.0 Å². The summed E-state index contributed by atoms with van der Waals surface area (Å²) in [5.41, 5.74) is 2.00. The standard InChI is InChI=1S/C13H15N3O2S/c1-8-4-5-9(2)11(6-8)18-13(17)10(3)19-12-7-14-16-15-12/h4-7,10H,1-3H3,(H,14,15,16). The van der Waals surface area contributed by atoms with Gasteiger partial charge in [0.2, 0.25) is 0 Å². The van der Waals surface area contributed by atoms with E-state index in [4.69, 9.17) is 4.74 Å². The number of hydrogen-bond acceptors (Lipinski definition) is 5. The summed E-state index contributed by atoms with van der Waals surface area (Å²) in [7, 11) is 0. The normalized spacial score (nSPS) is 12.2. The van der Waals surface area contributed by atoms with Gasteiger partial charge in [0.05, 0.1) is 6.20 Å². The third-order valence-electron chi connectivity index (χ3n) is 2.58. The fourth-order valence-corrected chi connectivity index (χ4v) is 2.20. The Morgan fingerprint density at radius 3 is 2.89 bits per heavy atom. The van der Waals surface area contributed by atoms with Crippen molar-refractivity contribution in [3.8, 4) is 5.75 Å². The van der Waals surface area contributed by atoms with Crippen molar-refractivity contribution in [3.05, 3.63) is 35.5 Å². The van der Waals surface area contributed by atoms with Crippen molar-refractivity contribution >= 4 is 17.7 Å². The number of H-pyrrole nitrogens is 1. The minimum absolute atomic E-state index is 0.290. The second kappa shape index (κ2) is 5.88. The second-order valence-electron chi connectivity index (χ2n) is 4.26. The van der Waals surface area contributed by atoms with Crippen molar-refractivity contribution in [2.75, 3.05) is 0 Å². The summed E-state index contributed by atoms with van der Waals surface area (Å²) in [4.78, 5) is 12.0. The number of nitrogens with zero attached hydrogens (tertiary/aromatic N) is 2. The van der Waals surface area contributed by atoms with Crippen LogP contribution in [0.4, 0.5) is 0 Å². The Bertz CT molecular complexity index is 569. The lowest BCUT2D eigenvalue weighted by Gasteiger charge is -2.11. The molecule has 1 aromatic carbocycles. The third-order valence-corrected chi connectivity index (χ3v) is 3.56. The zero-order valence-corrected chi connectivity index (χ0v) is 11.8. The molecule has 1 atom stereocenters. The maximum absolute atomic E-state index is 12.0. The highest BCUT2D eigenvalue weighted by Gasteiger charge is 2.18. The first-order valence-electron chi connectivity index (χ1n) is 5.87. The van der Waals surface area contributed by atoms with E-state index in [0.717, 1.165) is 11.1 Å². The molecule has 1 aromatic heterocycles. The summed E-state index contributed by atoms with van der Waals surface area (Å²) in [6.07, 6.45) is 1.58. The van der Waals surface area contributed by atoms with Crippen LogP contribution < -0.4 is 4.74 Å². The van der Waals surface area contributed by atoms with E-state index >= 15 is 0 Å². The second-order valence-corrected chi connectivity index (χ2v) is 5.62. The highest BCUT2D eigenvalue weighted by molar-refractivity contribution is 8.00. The van der Waals surface area contributed by atoms with Crippen LogP contribution in [0.5, 0.6) is 5.75 Å². The van der Waals surface area contributed by atoms with E-state index in [2.05, 4.69) is 15.4 Å². The van der Waals surface area contributed by atoms with Crippen LogP contribution in [0, 0.1) is 13.8 Å². The van der Waals surface area contributed by atoms with Gasteiger partial charge in [-0.1, -0.05) is 23.9 Å². The zero-order chi connectivity index (χ0) is 13.8. The van der Waals surface area contributed by atoms with Crippen molar-refractivity contribution in [3.63, 3.8) is 0 Å². The van der Waals surface area contributed by atoms with Gasteiger partial charge in [-0.3, -0.25) is 4.79 Å². The number of esters is 1. The van der Waals surface area contributed by atoms with Gasteiger partial charge in [0.15, 0.2) is 0 Å². The van der Waals surface area contributed by atoms with E-state index < -0.39 is 0 Å². The first-order chi connectivity index (χ1) is 9.06. The number of aryl methyl sites for hydroxylation is 2. The molecule has 1 heterocycles. The Morgan fingerprint density at radius 2 is 2.21 bits per heavy atom. The van der Waals surface area contributed by atoms with Gasteiger partial charge in [-0.15, -0.1) is 5.10 Å². The topological polar surface area (TPSA) is 67.9 Å². The summed E-state index contributed by atoms with van der Waals surface area (Å²) in [5, 5.41) is 10.4. The molecule has 1 unspecified atom stereocenters. The zero-order valence-electron chi connectivity index (χ0n) is 11.0. The number of nitrogens with one attached hydrogen (secondary N) is 1. The van der Waals surface area contributed by atoms with E-state index in [1.54, 1.807) is 13.1 Å². The largest absolute Gasteiger partial charge is 0.425 e. The molecule has 1 N–H and O–H groups in total. The Kier molecular flexibility index (Phi) is 4.21. The Labute approximate surface area is 115 Å². The monoisotopic (exact) mass is 277 g/mol. The fraction of sp³-hybridized carbons (Fsp3) is 0.308. The molecule has 2 rings (SSSR count). The van der Waals surface area contributed by atoms with E-state index in [-0.39, 0.29) is 11.2 Å². The molecule has 2 aromatic rings. The lowest BCUT2D eigenvalue weighted by molar-refractivity contribution is -0.133. The first-order valence-corrected chi connectivity index (χ1v) is 6.75. The third kappa shape index (κ3) is 3.57. The minimum atomic E-state index is -0.343. The van der Waals surface area contributed by atoms with Gasteiger partial charge in [-0.05, 0) is 38.0 Å². The van der Waals surface area contributed by atoms with Gasteiger partial charge in [-0.2, -0.15) is 10.3 Å². The maximum atomic E-state index is 12.0. The van der Waals surface area contributed by atoms with E-state index in [1.807, 2.05) is 32.0 Å². The smallest absolute Gasteiger partial charge is 0.324 e. The van der Waals surface area contributed by atoms with Crippen LogP contribution in [0.25, 0.3) is 0 Å². The van der Waals surface area contributed by atoms with Crippen molar-refractivity contribution in [1.29, 1.82) is 0 Å². The number of carbonyl (C=O) groups is 1. The number of carbonyl (C=O) groups excluding carboxylic acids is 1. The van der Waals surface area contributed by atoms with Crippen LogP contribution in [0.2, 0.25) is 0 Å². The van der Waals surface area contributed by atoms with Crippen molar-refractivity contribution in [2.24, 2.45) is 0 Å². The molecule has 0 saturated heterocycles. The Hall–Kier alpha value is -1.82. The number of aromatic nitrogens is 3. The average molecular weight is 277 g/mol. The minimum Gasteiger partial charge on any atom is -0.425 e. The highest BCUT2D eigenvalue weighted by Crippen LogP contribution is 2.24. The first kappa shape index (κ1) is 13.6. The highest BCUT2D eigenvalue weighted by atomic mass is 32.2. The molecule has 6 heteroatoms. The molecule has 5 nitrogen and oxygen atoms in total. The molecule has 0 aliphatic carbocycles. The molecular formula is C13H15N3O2S. The number of benzene rings is 1. The van der Waals surface area contributed by atoms with Crippen LogP contribution in [0.15, 0.2) is 29.4 Å². The summed E-state index contributed by atoms with van der Waals surface area (Å²) in [6.45, 7) is 5.66. The van der Waals surface area contributed by atoms with Gasteiger partial charge in [0, 0.05) is 0 Å². The van der Waals surface area contributed by atoms with Crippen LogP contribution in [0.1, 0.15) is 18.1 Å². The van der Waals surface area contributed by atoms with Crippen molar-refractivity contribution in [2.45, 2.75) is 31.0 Å². The number of thioether (sulfide) groups is 1. The van der Waals surface area contributed by atoms with Gasteiger partial charge in [-0.25, -0.2) is 0 Å². The summed E-state index contributed by atoms with van der Waals surface area (Å²) < 4.78 is 5.42. The molecule has 0 spiro atoms. The molecule has 0 amide bonds. The van der Waals surface area contributed by atoms with Crippen LogP contribution in [0.3, 0.4) is 0 Å². The molecule has 0 bridgehead atoms. The molecular weight excluding hydrogens is 262 g/mol. The molecule has 0 saturated carbocycles. The quantitative estimate of drug-likeness (QED) is 0.528. The molecule has 100 valence electrons. The molecule has 19 heavy (non-hydrogen) atoms. The van der Waals surface area contributed by atoms with Crippen LogP contribution >= 0.6 is 11.8 Å². The molecule has 0 radical (unpaired) electrons. The maximum Gasteiger partial charge on any atom is 0.324 e. The van der Waals surface area contributed by atoms with Crippen molar-refractivity contribution < 1.29 is 9.53 Å². The molecule has 0 aliphatic rings. The molecule has 0 fully saturated rings. The Morgan fingerprint density at radius 1 is 1.42 bits per heavy atom. The lowest BCUT2D eigenvalue weighted by Crippen LogP contribution is -2.20. The predicted octanol–water partition coefficient (Wildman–Crippen LogP) is 2.51. The van der Waals surface area contributed by atoms with E-state index in [1.165, 1.54) is 11.8 Å². The number of rotatable bonds is 4. The Balaban J connectivity index is 2.02. The fourth-order valence-electron chi connectivity index (χ4n) is 1.49. The molecule has 0 aliphatic heterocycles. The van der Waals surface area contributed by atoms with Crippen LogP contribution in [-0.4, -0.2) is 26.6 Å². The van der Waals surface area contributed by atoms with Gasteiger partial charge >= 0.3 is 5.97 Å². The van der Waals surface area contributed by atoms with Crippen LogP contribution in [-0.2, 0) is 4.79 Å². The van der Waals surface area contributed by atoms with Gasteiger partial charge in [0.25, 0.3) is 0 Å². The number of aromatic amines is 1. The SMILES string of the molecule is Cc1ccc(C)c(OC(=O)C(C)Sc2cn[nH]n2)c1. The predicted molar refractivity (Wildman–Crippen MR) is 73.3 cm³/mol. The number of hydrogen-bond donors (Lipinski definition) is 1. The van der Waals surface area contributed by atoms with Gasteiger partial charge < -0.3 is 4.74 Å².